The molecule has 0 spiro atoms. The highest BCUT2D eigenvalue weighted by Gasteiger charge is 2.31. The van der Waals surface area contributed by atoms with Gasteiger partial charge in [-0.1, -0.05) is 5.92 Å². The minimum absolute atomic E-state index is 0.0289. The Balaban J connectivity index is 1.39. The van der Waals surface area contributed by atoms with Gasteiger partial charge >= 0.3 is 5.97 Å². The largest absolute Gasteiger partial charge is 0.497 e. The van der Waals surface area contributed by atoms with Crippen molar-refractivity contribution in [2.24, 2.45) is 18.9 Å². The Hall–Kier alpha value is -3.41. The number of fused-ring (bicyclic) bond motifs is 1. The van der Waals surface area contributed by atoms with E-state index in [0.29, 0.717) is 19.5 Å². The summed E-state index contributed by atoms with van der Waals surface area (Å²) in [6.45, 7) is 2.16. The third-order valence-corrected chi connectivity index (χ3v) is 6.90. The number of imidazole rings is 1. The average molecular weight is 477 g/mol. The lowest BCUT2D eigenvalue weighted by Gasteiger charge is -2.37. The number of aliphatic hydroxyl groups excluding tert-OH is 1. The molecular formula is C27H32N4O4. The lowest BCUT2D eigenvalue weighted by atomic mass is 9.79. The van der Waals surface area contributed by atoms with Crippen molar-refractivity contribution in [1.29, 1.82) is 0 Å². The number of carboxylic acid groups (broad SMARTS) is 1. The SMILES string of the molecule is COc1ccc2nccc([C@H](O)CC[C@@H]3CCN(CC#Cc4cncn4C)C[C@@H]3CC(=O)O)c2c1. The summed E-state index contributed by atoms with van der Waals surface area (Å²) >= 11 is 0. The predicted molar refractivity (Wildman–Crippen MR) is 133 cm³/mol. The number of ether oxygens (including phenoxy) is 1. The fourth-order valence-corrected chi connectivity index (χ4v) is 4.95. The van der Waals surface area contributed by atoms with E-state index in [1.807, 2.05) is 35.9 Å². The van der Waals surface area contributed by atoms with Crippen LogP contribution in [0.15, 0.2) is 43.0 Å². The Labute approximate surface area is 205 Å². The highest BCUT2D eigenvalue weighted by Crippen LogP contribution is 2.34. The van der Waals surface area contributed by atoms with Gasteiger partial charge in [-0.15, -0.1) is 0 Å². The van der Waals surface area contributed by atoms with Gasteiger partial charge in [0.1, 0.15) is 11.4 Å². The molecule has 3 heterocycles. The van der Waals surface area contributed by atoms with Gasteiger partial charge in [0.2, 0.25) is 0 Å². The monoisotopic (exact) mass is 476 g/mol. The van der Waals surface area contributed by atoms with Crippen LogP contribution in [0, 0.1) is 23.7 Å². The van der Waals surface area contributed by atoms with Crippen LogP contribution < -0.4 is 4.74 Å². The van der Waals surface area contributed by atoms with E-state index >= 15 is 0 Å². The highest BCUT2D eigenvalue weighted by atomic mass is 16.5. The number of nitrogens with zero attached hydrogens (tertiary/aromatic N) is 4. The summed E-state index contributed by atoms with van der Waals surface area (Å²) in [4.78, 5) is 22.3. The maximum atomic E-state index is 11.6. The van der Waals surface area contributed by atoms with Gasteiger partial charge in [-0.25, -0.2) is 4.98 Å². The first-order chi connectivity index (χ1) is 16.9. The van der Waals surface area contributed by atoms with E-state index < -0.39 is 12.1 Å². The van der Waals surface area contributed by atoms with Crippen LogP contribution >= 0.6 is 0 Å². The second-order valence-corrected chi connectivity index (χ2v) is 9.21. The molecular weight excluding hydrogens is 444 g/mol. The number of carbonyl (C=O) groups is 1. The Morgan fingerprint density at radius 2 is 2.17 bits per heavy atom. The van der Waals surface area contributed by atoms with Crippen molar-refractivity contribution in [1.82, 2.24) is 19.4 Å². The van der Waals surface area contributed by atoms with Crippen LogP contribution in [0.25, 0.3) is 10.9 Å². The zero-order valence-electron chi connectivity index (χ0n) is 20.2. The van der Waals surface area contributed by atoms with Gasteiger partial charge in [-0.05, 0) is 73.4 Å². The van der Waals surface area contributed by atoms with E-state index in [9.17, 15) is 15.0 Å². The molecule has 1 saturated heterocycles. The Morgan fingerprint density at radius 1 is 1.31 bits per heavy atom. The van der Waals surface area contributed by atoms with E-state index in [1.165, 1.54) is 0 Å². The molecule has 2 aromatic heterocycles. The van der Waals surface area contributed by atoms with Crippen LogP contribution in [0.4, 0.5) is 0 Å². The van der Waals surface area contributed by atoms with Crippen LogP contribution in [0.1, 0.15) is 43.0 Å². The molecule has 8 nitrogen and oxygen atoms in total. The predicted octanol–water partition coefficient (Wildman–Crippen LogP) is 3.26. The second kappa shape index (κ2) is 11.3. The molecule has 1 fully saturated rings. The standard InChI is InChI=1S/C27H32N4O4/c1-30-18-28-16-21(30)4-3-12-31-13-10-19(20(17-31)14-27(33)34)5-8-26(32)23-9-11-29-25-7-6-22(35-2)15-24(23)25/h6-7,9,11,15-16,18-20,26,32H,5,8,10,12-14,17H2,1-2H3,(H,33,34)/t19-,20+,26-/m1/s1. The summed E-state index contributed by atoms with van der Waals surface area (Å²) < 4.78 is 7.22. The van der Waals surface area contributed by atoms with Crippen molar-refractivity contribution >= 4 is 16.9 Å². The van der Waals surface area contributed by atoms with E-state index in [-0.39, 0.29) is 18.3 Å². The quantitative estimate of drug-likeness (QED) is 0.481. The number of pyridine rings is 1. The first-order valence-corrected chi connectivity index (χ1v) is 11.9. The number of methoxy groups -OCH3 is 1. The molecule has 4 rings (SSSR count). The molecule has 0 amide bonds. The summed E-state index contributed by atoms with van der Waals surface area (Å²) in [5.41, 5.74) is 2.50. The highest BCUT2D eigenvalue weighted by molar-refractivity contribution is 5.83. The molecule has 1 aliphatic heterocycles. The molecule has 8 heteroatoms. The van der Waals surface area contributed by atoms with Gasteiger partial charge in [-0.2, -0.15) is 0 Å². The first-order valence-electron chi connectivity index (χ1n) is 11.9. The number of piperidine rings is 1. The van der Waals surface area contributed by atoms with Crippen LogP contribution in [-0.2, 0) is 11.8 Å². The molecule has 0 aliphatic carbocycles. The van der Waals surface area contributed by atoms with E-state index in [2.05, 4.69) is 26.7 Å². The molecule has 184 valence electrons. The number of hydrogen-bond donors (Lipinski definition) is 2. The minimum atomic E-state index is -0.782. The molecule has 0 saturated carbocycles. The lowest BCUT2D eigenvalue weighted by Crippen LogP contribution is -2.41. The number of aromatic nitrogens is 3. The molecule has 3 atom stereocenters. The van der Waals surface area contributed by atoms with Crippen molar-refractivity contribution in [3.05, 3.63) is 54.2 Å². The Kier molecular flexibility index (Phi) is 8.01. The molecule has 0 bridgehead atoms. The molecule has 1 aliphatic rings. The van der Waals surface area contributed by atoms with Crippen LogP contribution in [0.5, 0.6) is 5.75 Å². The molecule has 0 radical (unpaired) electrons. The summed E-state index contributed by atoms with van der Waals surface area (Å²) in [5, 5.41) is 21.4. The number of hydrogen-bond acceptors (Lipinski definition) is 6. The van der Waals surface area contributed by atoms with Crippen molar-refractivity contribution in [3.63, 3.8) is 0 Å². The van der Waals surface area contributed by atoms with Crippen molar-refractivity contribution in [3.8, 4) is 17.6 Å². The second-order valence-electron chi connectivity index (χ2n) is 9.21. The maximum absolute atomic E-state index is 11.6. The van der Waals surface area contributed by atoms with Gasteiger partial charge in [0.15, 0.2) is 0 Å². The summed E-state index contributed by atoms with van der Waals surface area (Å²) in [5.74, 6) is 6.54. The third-order valence-electron chi connectivity index (χ3n) is 6.90. The lowest BCUT2D eigenvalue weighted by molar-refractivity contribution is -0.139. The minimum Gasteiger partial charge on any atom is -0.497 e. The zero-order valence-corrected chi connectivity index (χ0v) is 20.2. The normalized spacial score (nSPS) is 19.2. The van der Waals surface area contributed by atoms with E-state index in [1.54, 1.807) is 25.8 Å². The summed E-state index contributed by atoms with van der Waals surface area (Å²) in [6.07, 6.45) is 6.87. The van der Waals surface area contributed by atoms with E-state index in [0.717, 1.165) is 47.3 Å². The molecule has 35 heavy (non-hydrogen) atoms. The topological polar surface area (TPSA) is 101 Å². The number of rotatable bonds is 8. The average Bonchev–Trinajstić information content (AvgIpc) is 3.26. The van der Waals surface area contributed by atoms with Crippen molar-refractivity contribution < 1.29 is 19.7 Å². The maximum Gasteiger partial charge on any atom is 0.303 e. The number of carboxylic acids is 1. The summed E-state index contributed by atoms with van der Waals surface area (Å²) in [7, 11) is 3.53. The van der Waals surface area contributed by atoms with Crippen LogP contribution in [0.3, 0.4) is 0 Å². The fourth-order valence-electron chi connectivity index (χ4n) is 4.95. The molecule has 1 aromatic carbocycles. The smallest absolute Gasteiger partial charge is 0.303 e. The van der Waals surface area contributed by atoms with Gasteiger partial charge in [0.05, 0.1) is 37.8 Å². The van der Waals surface area contributed by atoms with E-state index in [4.69, 9.17) is 4.74 Å². The summed E-state index contributed by atoms with van der Waals surface area (Å²) in [6, 6.07) is 7.50. The van der Waals surface area contributed by atoms with Crippen molar-refractivity contribution in [2.75, 3.05) is 26.7 Å². The van der Waals surface area contributed by atoms with Crippen LogP contribution in [0.2, 0.25) is 0 Å². The Morgan fingerprint density at radius 3 is 2.91 bits per heavy atom. The molecule has 2 N–H and O–H groups in total. The zero-order chi connectivity index (χ0) is 24.8. The number of aliphatic carboxylic acids is 1. The Bertz CT molecular complexity index is 1230. The third kappa shape index (κ3) is 6.18. The van der Waals surface area contributed by atoms with Gasteiger partial charge in [0, 0.05) is 31.6 Å². The molecule has 0 unspecified atom stereocenters. The van der Waals surface area contributed by atoms with Gasteiger partial charge < -0.3 is 19.5 Å². The van der Waals surface area contributed by atoms with Gasteiger partial charge in [-0.3, -0.25) is 14.7 Å². The van der Waals surface area contributed by atoms with Crippen LogP contribution in [-0.4, -0.2) is 62.4 Å². The molecule has 3 aromatic rings. The fraction of sp³-hybridized carbons (Fsp3) is 0.444. The number of likely N-dealkylation sites (tertiary alicyclic amines) is 1. The van der Waals surface area contributed by atoms with Gasteiger partial charge in [0.25, 0.3) is 0 Å². The number of aryl methyl sites for hydroxylation is 1. The van der Waals surface area contributed by atoms with Crippen molar-refractivity contribution in [2.45, 2.75) is 31.8 Å². The first kappa shape index (κ1) is 24.7. The number of aliphatic hydroxyl groups is 1. The number of benzene rings is 1.